The van der Waals surface area contributed by atoms with Gasteiger partial charge in [-0.1, -0.05) is 36.4 Å². The molecule has 0 aliphatic carbocycles. The number of nitrogens with zero attached hydrogens (tertiary/aromatic N) is 1. The Morgan fingerprint density at radius 2 is 1.81 bits per heavy atom. The summed E-state index contributed by atoms with van der Waals surface area (Å²) in [6.45, 7) is 1.27. The van der Waals surface area contributed by atoms with Gasteiger partial charge in [0.2, 0.25) is 0 Å². The van der Waals surface area contributed by atoms with Gasteiger partial charge in [0.25, 0.3) is 10.0 Å². The Balaban J connectivity index is 1.30. The van der Waals surface area contributed by atoms with E-state index < -0.39 is 28.3 Å². The molecule has 5 rings (SSSR count). The van der Waals surface area contributed by atoms with Gasteiger partial charge in [-0.15, -0.1) is 4.83 Å². The SMILES string of the molecule is Nc1cc(CO)ccc1S(=O)(=O)NN(CC1CNC(=O)NC1)C[C@@H](O)[C@H](Cc1ccccc1)NC(=O)O[C@H]1CCOC([C@@H]2CCCO2)C1. The molecule has 2 aromatic carbocycles. The third kappa shape index (κ3) is 10.0. The monoisotopic (exact) mass is 690 g/mol. The molecule has 0 radical (unpaired) electrons. The number of amides is 3. The van der Waals surface area contributed by atoms with E-state index in [1.807, 2.05) is 30.3 Å². The molecule has 16 heteroatoms. The maximum atomic E-state index is 13.5. The van der Waals surface area contributed by atoms with Crippen molar-refractivity contribution in [3.63, 3.8) is 0 Å². The van der Waals surface area contributed by atoms with Crippen molar-refractivity contribution in [1.29, 1.82) is 0 Å². The number of sulfonamides is 1. The molecule has 3 aliphatic rings. The van der Waals surface area contributed by atoms with E-state index in [-0.39, 0.29) is 80.1 Å². The van der Waals surface area contributed by atoms with Gasteiger partial charge in [-0.05, 0) is 42.5 Å². The third-order valence-corrected chi connectivity index (χ3v) is 10.2. The summed E-state index contributed by atoms with van der Waals surface area (Å²) < 4.78 is 44.6. The molecule has 48 heavy (non-hydrogen) atoms. The molecule has 0 aromatic heterocycles. The topological polar surface area (TPSA) is 214 Å². The van der Waals surface area contributed by atoms with Gasteiger partial charge in [-0.25, -0.2) is 23.0 Å². The zero-order valence-corrected chi connectivity index (χ0v) is 27.6. The normalized spacial score (nSPS) is 23.2. The number of carbonyl (C=O) groups excluding carboxylic acids is 2. The van der Waals surface area contributed by atoms with E-state index in [9.17, 15) is 28.2 Å². The number of nitrogens with two attached hydrogens (primary N) is 1. The van der Waals surface area contributed by atoms with Crippen LogP contribution in [0.3, 0.4) is 0 Å². The van der Waals surface area contributed by atoms with Crippen LogP contribution < -0.4 is 26.5 Å². The minimum Gasteiger partial charge on any atom is -0.446 e. The van der Waals surface area contributed by atoms with E-state index in [1.165, 1.54) is 23.2 Å². The number of nitrogen functional groups attached to an aromatic ring is 1. The highest BCUT2D eigenvalue weighted by atomic mass is 32.2. The largest absolute Gasteiger partial charge is 0.446 e. The summed E-state index contributed by atoms with van der Waals surface area (Å²) in [5.74, 6) is -0.220. The first-order valence-electron chi connectivity index (χ1n) is 16.3. The highest BCUT2D eigenvalue weighted by Gasteiger charge is 2.35. The molecule has 8 N–H and O–H groups in total. The fourth-order valence-electron chi connectivity index (χ4n) is 6.26. The van der Waals surface area contributed by atoms with E-state index >= 15 is 0 Å². The number of aliphatic hydroxyl groups is 2. The Morgan fingerprint density at radius 1 is 1.06 bits per heavy atom. The quantitative estimate of drug-likeness (QED) is 0.108. The van der Waals surface area contributed by atoms with Crippen molar-refractivity contribution in [3.05, 3.63) is 59.7 Å². The molecule has 2 aromatic rings. The van der Waals surface area contributed by atoms with Crippen LogP contribution in [0.1, 0.15) is 36.8 Å². The molecule has 0 bridgehead atoms. The summed E-state index contributed by atoms with van der Waals surface area (Å²) in [6.07, 6.45) is 0.628. The van der Waals surface area contributed by atoms with Gasteiger partial charge in [-0.3, -0.25) is 0 Å². The number of ether oxygens (including phenoxy) is 3. The number of carbonyl (C=O) groups is 2. The van der Waals surface area contributed by atoms with Crippen LogP contribution in [0.2, 0.25) is 0 Å². The maximum absolute atomic E-state index is 13.5. The second-order valence-electron chi connectivity index (χ2n) is 12.5. The number of nitrogens with one attached hydrogen (secondary N) is 4. The number of hydrogen-bond acceptors (Lipinski definition) is 11. The molecular weight excluding hydrogens is 644 g/mol. The van der Waals surface area contributed by atoms with E-state index in [2.05, 4.69) is 20.8 Å². The predicted octanol–water partition coefficient (Wildman–Crippen LogP) is 0.610. The highest BCUT2D eigenvalue weighted by molar-refractivity contribution is 7.89. The molecule has 3 aliphatic heterocycles. The second kappa shape index (κ2) is 16.7. The van der Waals surface area contributed by atoms with Gasteiger partial charge in [0.05, 0.1) is 43.3 Å². The number of aliphatic hydroxyl groups excluding tert-OH is 2. The highest BCUT2D eigenvalue weighted by Crippen LogP contribution is 2.27. The average molecular weight is 691 g/mol. The fraction of sp³-hybridized carbons (Fsp3) is 0.562. The molecule has 264 valence electrons. The van der Waals surface area contributed by atoms with Crippen molar-refractivity contribution < 1.29 is 42.4 Å². The molecule has 5 atom stereocenters. The molecule has 1 unspecified atom stereocenters. The number of urea groups is 1. The smallest absolute Gasteiger partial charge is 0.407 e. The van der Waals surface area contributed by atoms with Crippen LogP contribution in [-0.2, 0) is 37.3 Å². The maximum Gasteiger partial charge on any atom is 0.407 e. The minimum absolute atomic E-state index is 0.0162. The molecule has 3 heterocycles. The lowest BCUT2D eigenvalue weighted by atomic mass is 9.99. The molecule has 3 fully saturated rings. The Kier molecular flexibility index (Phi) is 12.5. The van der Waals surface area contributed by atoms with Crippen molar-refractivity contribution in [1.82, 2.24) is 25.8 Å². The van der Waals surface area contributed by atoms with E-state index in [0.29, 0.717) is 31.6 Å². The van der Waals surface area contributed by atoms with Gasteiger partial charge >= 0.3 is 12.1 Å². The fourth-order valence-corrected chi connectivity index (χ4v) is 7.46. The Bertz CT molecular complexity index is 1470. The van der Waals surface area contributed by atoms with Gasteiger partial charge < -0.3 is 46.1 Å². The first kappa shape index (κ1) is 35.8. The Morgan fingerprint density at radius 3 is 2.50 bits per heavy atom. The molecular formula is C32H46N6O9S. The summed E-state index contributed by atoms with van der Waals surface area (Å²) in [5, 5.41) is 30.6. The number of anilines is 1. The Labute approximate surface area is 280 Å². The van der Waals surface area contributed by atoms with Gasteiger partial charge in [-0.2, -0.15) is 0 Å². The summed E-state index contributed by atoms with van der Waals surface area (Å²) in [7, 11) is -4.25. The number of benzene rings is 2. The summed E-state index contributed by atoms with van der Waals surface area (Å²) >= 11 is 0. The van der Waals surface area contributed by atoms with Crippen molar-refractivity contribution in [3.8, 4) is 0 Å². The summed E-state index contributed by atoms with van der Waals surface area (Å²) in [4.78, 5) is 27.3. The van der Waals surface area contributed by atoms with Gasteiger partial charge in [0, 0.05) is 51.5 Å². The average Bonchev–Trinajstić information content (AvgIpc) is 3.61. The molecule has 15 nitrogen and oxygen atoms in total. The lowest BCUT2D eigenvalue weighted by Crippen LogP contribution is -2.57. The zero-order valence-electron chi connectivity index (χ0n) is 26.8. The van der Waals surface area contributed by atoms with Crippen LogP contribution in [0.15, 0.2) is 53.4 Å². The zero-order chi connectivity index (χ0) is 34.1. The van der Waals surface area contributed by atoms with Crippen LogP contribution in [-0.4, -0.2) is 106 Å². The number of rotatable bonds is 14. The third-order valence-electron chi connectivity index (χ3n) is 8.77. The van der Waals surface area contributed by atoms with Crippen molar-refractivity contribution in [2.45, 2.75) is 74.1 Å². The summed E-state index contributed by atoms with van der Waals surface area (Å²) in [6, 6.07) is 12.2. The molecule has 0 saturated carbocycles. The number of hydrazine groups is 1. The van der Waals surface area contributed by atoms with E-state index in [1.54, 1.807) is 0 Å². The number of alkyl carbamates (subject to hydrolysis) is 1. The van der Waals surface area contributed by atoms with Crippen molar-refractivity contribution in [2.75, 3.05) is 45.1 Å². The first-order chi connectivity index (χ1) is 23.1. The minimum atomic E-state index is -4.25. The van der Waals surface area contributed by atoms with Gasteiger partial charge in [0.15, 0.2) is 0 Å². The van der Waals surface area contributed by atoms with Crippen LogP contribution in [0.4, 0.5) is 15.3 Å². The first-order valence-corrected chi connectivity index (χ1v) is 17.8. The van der Waals surface area contributed by atoms with Crippen LogP contribution in [0, 0.1) is 5.92 Å². The van der Waals surface area contributed by atoms with E-state index in [4.69, 9.17) is 19.9 Å². The molecule has 3 amide bonds. The van der Waals surface area contributed by atoms with Crippen LogP contribution >= 0.6 is 0 Å². The van der Waals surface area contributed by atoms with Crippen LogP contribution in [0.5, 0.6) is 0 Å². The predicted molar refractivity (Wildman–Crippen MR) is 175 cm³/mol. The van der Waals surface area contributed by atoms with Crippen molar-refractivity contribution in [2.24, 2.45) is 5.92 Å². The number of hydrogen-bond donors (Lipinski definition) is 7. The molecule has 3 saturated heterocycles. The summed E-state index contributed by atoms with van der Waals surface area (Å²) in [5.41, 5.74) is 7.28. The Hall–Kier alpha value is -3.51. The lowest BCUT2D eigenvalue weighted by Gasteiger charge is -2.34. The standard InChI is InChI=1S/C32H46N6O9S/c33-25-13-22(20-39)8-9-30(25)48(43,44)37-38(18-23-16-34-31(41)35-17-23)19-27(40)26(14-21-5-2-1-3-6-21)36-32(42)47-24-10-12-46-29(15-24)28-7-4-11-45-28/h1-3,5-6,8-9,13,23-24,26-29,37,39-40H,4,7,10-12,14-20,33H2,(H,36,42)(H2,34,35,41)/t24-,26-,27+,28-,29?/m0/s1. The molecule has 0 spiro atoms. The van der Waals surface area contributed by atoms with Crippen molar-refractivity contribution >= 4 is 27.8 Å². The van der Waals surface area contributed by atoms with Gasteiger partial charge in [0.1, 0.15) is 11.0 Å². The lowest BCUT2D eigenvalue weighted by molar-refractivity contribution is -0.104. The van der Waals surface area contributed by atoms with Crippen LogP contribution in [0.25, 0.3) is 0 Å². The van der Waals surface area contributed by atoms with E-state index in [0.717, 1.165) is 18.4 Å². The second-order valence-corrected chi connectivity index (χ2v) is 14.1.